The highest BCUT2D eigenvalue weighted by Gasteiger charge is 2.15. The van der Waals surface area contributed by atoms with Gasteiger partial charge in [0.05, 0.1) is 22.2 Å². The zero-order valence-electron chi connectivity index (χ0n) is 13.8. The molecule has 8 heteroatoms. The van der Waals surface area contributed by atoms with E-state index in [1.165, 1.54) is 17.8 Å². The SMILES string of the molecule is Cn1c(SCc2nc3ccccc3c(=O)[nH]2)nnc1-c1ccccc1F. The van der Waals surface area contributed by atoms with Crippen LogP contribution in [0.5, 0.6) is 0 Å². The maximum absolute atomic E-state index is 14.0. The van der Waals surface area contributed by atoms with Crippen LogP contribution in [0.15, 0.2) is 58.5 Å². The molecule has 0 spiro atoms. The fraction of sp³-hybridized carbons (Fsp3) is 0.111. The molecule has 0 amide bonds. The molecule has 4 aromatic rings. The molecule has 6 nitrogen and oxygen atoms in total. The summed E-state index contributed by atoms with van der Waals surface area (Å²) in [4.78, 5) is 19.4. The van der Waals surface area contributed by atoms with E-state index in [4.69, 9.17) is 0 Å². The molecule has 0 atom stereocenters. The lowest BCUT2D eigenvalue weighted by molar-refractivity contribution is 0.628. The van der Waals surface area contributed by atoms with Crippen molar-refractivity contribution in [2.24, 2.45) is 7.05 Å². The number of nitrogens with one attached hydrogen (secondary N) is 1. The van der Waals surface area contributed by atoms with Crippen molar-refractivity contribution in [2.45, 2.75) is 10.9 Å². The third kappa shape index (κ3) is 2.99. The Labute approximate surface area is 152 Å². The molecule has 0 aliphatic rings. The van der Waals surface area contributed by atoms with Gasteiger partial charge in [0.1, 0.15) is 11.6 Å². The molecular weight excluding hydrogens is 353 g/mol. The standard InChI is InChI=1S/C18H14FN5OS/c1-24-16(11-6-2-4-8-13(11)19)22-23-18(24)26-10-15-20-14-9-5-3-7-12(14)17(25)21-15/h2-9H,10H2,1H3,(H,20,21,25). The van der Waals surface area contributed by atoms with Crippen LogP contribution in [0.3, 0.4) is 0 Å². The van der Waals surface area contributed by atoms with E-state index in [2.05, 4.69) is 20.2 Å². The quantitative estimate of drug-likeness (QED) is 0.561. The van der Waals surface area contributed by atoms with Gasteiger partial charge in [0.2, 0.25) is 0 Å². The van der Waals surface area contributed by atoms with Crippen molar-refractivity contribution in [3.05, 3.63) is 70.5 Å². The first-order valence-corrected chi connectivity index (χ1v) is 8.87. The minimum atomic E-state index is -0.347. The second kappa shape index (κ2) is 6.72. The maximum Gasteiger partial charge on any atom is 0.258 e. The topological polar surface area (TPSA) is 76.5 Å². The van der Waals surface area contributed by atoms with Crippen LogP contribution in [0.2, 0.25) is 0 Å². The van der Waals surface area contributed by atoms with Gasteiger partial charge < -0.3 is 9.55 Å². The van der Waals surface area contributed by atoms with Crippen molar-refractivity contribution in [1.82, 2.24) is 24.7 Å². The lowest BCUT2D eigenvalue weighted by atomic mass is 10.2. The predicted octanol–water partition coefficient (Wildman–Crippen LogP) is 3.15. The molecule has 2 aromatic heterocycles. The smallest absolute Gasteiger partial charge is 0.258 e. The largest absolute Gasteiger partial charge is 0.309 e. The van der Waals surface area contributed by atoms with Crippen molar-refractivity contribution >= 4 is 22.7 Å². The van der Waals surface area contributed by atoms with Crippen LogP contribution < -0.4 is 5.56 Å². The number of aromatic amines is 1. The molecule has 0 saturated carbocycles. The Kier molecular flexibility index (Phi) is 4.26. The van der Waals surface area contributed by atoms with Gasteiger partial charge in [-0.3, -0.25) is 4.79 Å². The summed E-state index contributed by atoms with van der Waals surface area (Å²) in [6.07, 6.45) is 0. The Morgan fingerprint density at radius 3 is 2.73 bits per heavy atom. The van der Waals surface area contributed by atoms with Gasteiger partial charge in [-0.2, -0.15) is 0 Å². The number of hydrogen-bond acceptors (Lipinski definition) is 5. The molecule has 0 radical (unpaired) electrons. The van der Waals surface area contributed by atoms with Gasteiger partial charge in [-0.1, -0.05) is 36.0 Å². The zero-order chi connectivity index (χ0) is 18.1. The molecule has 0 bridgehead atoms. The van der Waals surface area contributed by atoms with E-state index in [-0.39, 0.29) is 11.4 Å². The van der Waals surface area contributed by atoms with Crippen LogP contribution in [0.1, 0.15) is 5.82 Å². The summed E-state index contributed by atoms with van der Waals surface area (Å²) < 4.78 is 15.7. The number of hydrogen-bond donors (Lipinski definition) is 1. The first kappa shape index (κ1) is 16.5. The van der Waals surface area contributed by atoms with Crippen LogP contribution in [-0.2, 0) is 12.8 Å². The average Bonchev–Trinajstić information content (AvgIpc) is 3.01. The molecular formula is C18H14FN5OS. The fourth-order valence-electron chi connectivity index (χ4n) is 2.65. The number of nitrogens with zero attached hydrogens (tertiary/aromatic N) is 4. The Hall–Kier alpha value is -3.00. The van der Waals surface area contributed by atoms with Crippen LogP contribution in [0.4, 0.5) is 4.39 Å². The maximum atomic E-state index is 14.0. The second-order valence-electron chi connectivity index (χ2n) is 5.66. The number of rotatable bonds is 4. The Balaban J connectivity index is 1.60. The molecule has 0 saturated heterocycles. The molecule has 2 aromatic carbocycles. The summed E-state index contributed by atoms with van der Waals surface area (Å²) in [5, 5.41) is 9.38. The van der Waals surface area contributed by atoms with Gasteiger partial charge in [-0.05, 0) is 24.3 Å². The lowest BCUT2D eigenvalue weighted by Crippen LogP contribution is -2.11. The summed E-state index contributed by atoms with van der Waals surface area (Å²) in [5.41, 5.74) is 0.875. The average molecular weight is 367 g/mol. The predicted molar refractivity (Wildman–Crippen MR) is 98.3 cm³/mol. The lowest BCUT2D eigenvalue weighted by Gasteiger charge is -2.05. The highest BCUT2D eigenvalue weighted by molar-refractivity contribution is 7.98. The summed E-state index contributed by atoms with van der Waals surface area (Å²) in [7, 11) is 1.78. The van der Waals surface area contributed by atoms with Crippen LogP contribution in [0.25, 0.3) is 22.3 Å². The van der Waals surface area contributed by atoms with Crippen LogP contribution in [-0.4, -0.2) is 24.7 Å². The van der Waals surface area contributed by atoms with Gasteiger partial charge in [-0.25, -0.2) is 9.37 Å². The molecule has 0 fully saturated rings. The first-order chi connectivity index (χ1) is 12.6. The number of para-hydroxylation sites is 1. The molecule has 0 aliphatic carbocycles. The number of benzene rings is 2. The van der Waals surface area contributed by atoms with E-state index in [9.17, 15) is 9.18 Å². The van der Waals surface area contributed by atoms with Crippen LogP contribution >= 0.6 is 11.8 Å². The van der Waals surface area contributed by atoms with Gasteiger partial charge in [0.15, 0.2) is 11.0 Å². The van der Waals surface area contributed by atoms with E-state index < -0.39 is 0 Å². The highest BCUT2D eigenvalue weighted by atomic mass is 32.2. The summed E-state index contributed by atoms with van der Waals surface area (Å²) >= 11 is 1.37. The third-order valence-corrected chi connectivity index (χ3v) is 4.98. The van der Waals surface area contributed by atoms with E-state index >= 15 is 0 Å². The zero-order valence-corrected chi connectivity index (χ0v) is 14.6. The van der Waals surface area contributed by atoms with Crippen molar-refractivity contribution in [1.29, 1.82) is 0 Å². The Morgan fingerprint density at radius 2 is 1.88 bits per heavy atom. The summed E-state index contributed by atoms with van der Waals surface area (Å²) in [6.45, 7) is 0. The molecule has 4 rings (SSSR count). The first-order valence-electron chi connectivity index (χ1n) is 7.88. The molecule has 2 heterocycles. The van der Waals surface area contributed by atoms with Gasteiger partial charge in [-0.15, -0.1) is 10.2 Å². The van der Waals surface area contributed by atoms with Crippen molar-refractivity contribution in [2.75, 3.05) is 0 Å². The van der Waals surface area contributed by atoms with Crippen LogP contribution in [0, 0.1) is 5.82 Å². The van der Waals surface area contributed by atoms with E-state index in [0.29, 0.717) is 39.0 Å². The minimum absolute atomic E-state index is 0.170. The third-order valence-electron chi connectivity index (χ3n) is 3.95. The normalized spacial score (nSPS) is 11.2. The minimum Gasteiger partial charge on any atom is -0.309 e. The van der Waals surface area contributed by atoms with E-state index in [1.807, 2.05) is 6.07 Å². The Morgan fingerprint density at radius 1 is 1.12 bits per heavy atom. The summed E-state index contributed by atoms with van der Waals surface area (Å²) in [5.74, 6) is 1.07. The molecule has 0 aliphatic heterocycles. The van der Waals surface area contributed by atoms with Gasteiger partial charge >= 0.3 is 0 Å². The highest BCUT2D eigenvalue weighted by Crippen LogP contribution is 2.26. The number of aromatic nitrogens is 5. The van der Waals surface area contributed by atoms with E-state index in [1.54, 1.807) is 48.0 Å². The second-order valence-corrected chi connectivity index (χ2v) is 6.61. The van der Waals surface area contributed by atoms with Crippen molar-refractivity contribution < 1.29 is 4.39 Å². The summed E-state index contributed by atoms with van der Waals surface area (Å²) in [6, 6.07) is 13.6. The number of fused-ring (bicyclic) bond motifs is 1. The molecule has 0 unspecified atom stereocenters. The molecule has 1 N–H and O–H groups in total. The van der Waals surface area contributed by atoms with Crippen molar-refractivity contribution in [3.8, 4) is 11.4 Å². The number of halogens is 1. The monoisotopic (exact) mass is 367 g/mol. The fourth-order valence-corrected chi connectivity index (χ4v) is 3.44. The number of thioether (sulfide) groups is 1. The van der Waals surface area contributed by atoms with E-state index in [0.717, 1.165) is 0 Å². The Bertz CT molecular complexity index is 1150. The van der Waals surface area contributed by atoms with Crippen molar-refractivity contribution in [3.63, 3.8) is 0 Å². The number of H-pyrrole nitrogens is 1. The molecule has 130 valence electrons. The van der Waals surface area contributed by atoms with Gasteiger partial charge in [0, 0.05) is 7.05 Å². The van der Waals surface area contributed by atoms with Gasteiger partial charge in [0.25, 0.3) is 5.56 Å². The molecule has 26 heavy (non-hydrogen) atoms.